The molecule has 0 spiro atoms. The molecular formula is C19H22N2O2. The summed E-state index contributed by atoms with van der Waals surface area (Å²) < 4.78 is 0. The van der Waals surface area contributed by atoms with Gasteiger partial charge >= 0.3 is 0 Å². The van der Waals surface area contributed by atoms with Crippen molar-refractivity contribution in [3.05, 3.63) is 48.0 Å². The van der Waals surface area contributed by atoms with Gasteiger partial charge in [-0.15, -0.1) is 0 Å². The Morgan fingerprint density at radius 2 is 1.57 bits per heavy atom. The first kappa shape index (κ1) is 14.6. The van der Waals surface area contributed by atoms with Crippen molar-refractivity contribution >= 4 is 11.8 Å². The monoisotopic (exact) mass is 310 g/mol. The van der Waals surface area contributed by atoms with Crippen LogP contribution in [0.25, 0.3) is 0 Å². The van der Waals surface area contributed by atoms with Crippen molar-refractivity contribution in [2.75, 3.05) is 6.67 Å². The van der Waals surface area contributed by atoms with Crippen molar-refractivity contribution in [3.63, 3.8) is 0 Å². The van der Waals surface area contributed by atoms with E-state index in [1.165, 1.54) is 10.5 Å². The van der Waals surface area contributed by atoms with Gasteiger partial charge in [-0.05, 0) is 31.2 Å². The van der Waals surface area contributed by atoms with Crippen molar-refractivity contribution in [1.82, 2.24) is 9.80 Å². The maximum absolute atomic E-state index is 12.6. The molecule has 0 N–H and O–H groups in total. The molecule has 0 bridgehead atoms. The average molecular weight is 310 g/mol. The molecule has 0 aromatic heterocycles. The van der Waals surface area contributed by atoms with Crippen LogP contribution in [0, 0.1) is 11.8 Å². The Labute approximate surface area is 136 Å². The summed E-state index contributed by atoms with van der Waals surface area (Å²) in [5.74, 6) is -0.179. The predicted octanol–water partition coefficient (Wildman–Crippen LogP) is 2.56. The number of hydrogen-bond acceptors (Lipinski definition) is 3. The Morgan fingerprint density at radius 1 is 0.957 bits per heavy atom. The number of allylic oxidation sites excluding steroid dienone is 2. The molecule has 4 nitrogen and oxygen atoms in total. The van der Waals surface area contributed by atoms with Crippen LogP contribution in [-0.4, -0.2) is 34.3 Å². The largest absolute Gasteiger partial charge is 0.278 e. The molecule has 0 radical (unpaired) electrons. The molecule has 0 unspecified atom stereocenters. The van der Waals surface area contributed by atoms with E-state index in [1.807, 2.05) is 30.4 Å². The first-order valence-electron chi connectivity index (χ1n) is 8.52. The van der Waals surface area contributed by atoms with E-state index in [2.05, 4.69) is 17.0 Å². The van der Waals surface area contributed by atoms with Gasteiger partial charge in [0.15, 0.2) is 0 Å². The van der Waals surface area contributed by atoms with Crippen LogP contribution in [0.2, 0.25) is 0 Å². The van der Waals surface area contributed by atoms with Gasteiger partial charge in [-0.3, -0.25) is 19.4 Å². The van der Waals surface area contributed by atoms with Crippen LogP contribution in [0.4, 0.5) is 0 Å². The quantitative estimate of drug-likeness (QED) is 0.620. The Bertz CT molecular complexity index is 610. The standard InChI is InChI=1S/C19H22N2O2/c22-18-16-8-4-5-9-17(16)19(23)21(18)13-20(15-10-11-15)12-14-6-2-1-3-7-14/h1-7,15-17H,8-13H2/t16-,17-/m1/s1. The summed E-state index contributed by atoms with van der Waals surface area (Å²) in [5.41, 5.74) is 1.23. The summed E-state index contributed by atoms with van der Waals surface area (Å²) in [7, 11) is 0. The summed E-state index contributed by atoms with van der Waals surface area (Å²) in [6, 6.07) is 10.8. The summed E-state index contributed by atoms with van der Waals surface area (Å²) in [6.07, 6.45) is 7.84. The predicted molar refractivity (Wildman–Crippen MR) is 87.1 cm³/mol. The summed E-state index contributed by atoms with van der Waals surface area (Å²) in [6.45, 7) is 1.25. The van der Waals surface area contributed by atoms with Crippen molar-refractivity contribution in [1.29, 1.82) is 0 Å². The van der Waals surface area contributed by atoms with E-state index in [4.69, 9.17) is 0 Å². The molecule has 4 rings (SSSR count). The highest BCUT2D eigenvalue weighted by Crippen LogP contribution is 2.36. The minimum absolute atomic E-state index is 0.0306. The van der Waals surface area contributed by atoms with Crippen LogP contribution in [0.3, 0.4) is 0 Å². The molecule has 2 amide bonds. The topological polar surface area (TPSA) is 40.6 Å². The van der Waals surface area contributed by atoms with E-state index in [-0.39, 0.29) is 23.7 Å². The lowest BCUT2D eigenvalue weighted by Crippen LogP contribution is -2.42. The van der Waals surface area contributed by atoms with Crippen LogP contribution >= 0.6 is 0 Å². The highest BCUT2D eigenvalue weighted by molar-refractivity contribution is 6.05. The van der Waals surface area contributed by atoms with Crippen molar-refractivity contribution in [3.8, 4) is 0 Å². The Balaban J connectivity index is 1.49. The van der Waals surface area contributed by atoms with E-state index in [0.29, 0.717) is 25.6 Å². The van der Waals surface area contributed by atoms with Gasteiger partial charge in [0.1, 0.15) is 0 Å². The summed E-state index contributed by atoms with van der Waals surface area (Å²) in [4.78, 5) is 29.1. The van der Waals surface area contributed by atoms with Gasteiger partial charge in [0.05, 0.1) is 18.5 Å². The second-order valence-electron chi connectivity index (χ2n) is 6.87. The number of carbonyl (C=O) groups excluding carboxylic acids is 2. The molecule has 3 aliphatic rings. The van der Waals surface area contributed by atoms with Gasteiger partial charge in [-0.1, -0.05) is 42.5 Å². The highest BCUT2D eigenvalue weighted by atomic mass is 16.2. The zero-order chi connectivity index (χ0) is 15.8. The molecule has 23 heavy (non-hydrogen) atoms. The smallest absolute Gasteiger partial charge is 0.234 e. The summed E-state index contributed by atoms with van der Waals surface area (Å²) >= 11 is 0. The lowest BCUT2D eigenvalue weighted by atomic mass is 9.85. The van der Waals surface area contributed by atoms with E-state index in [0.717, 1.165) is 19.4 Å². The average Bonchev–Trinajstić information content (AvgIpc) is 3.40. The number of benzene rings is 1. The zero-order valence-electron chi connectivity index (χ0n) is 13.2. The third kappa shape index (κ3) is 2.83. The first-order chi connectivity index (χ1) is 11.2. The van der Waals surface area contributed by atoms with Crippen LogP contribution in [0.5, 0.6) is 0 Å². The number of nitrogens with zero attached hydrogens (tertiary/aromatic N) is 2. The Morgan fingerprint density at radius 3 is 2.13 bits per heavy atom. The summed E-state index contributed by atoms with van der Waals surface area (Å²) in [5, 5.41) is 0. The number of rotatable bonds is 5. The second-order valence-corrected chi connectivity index (χ2v) is 6.87. The number of likely N-dealkylation sites (tertiary alicyclic amines) is 1. The lowest BCUT2D eigenvalue weighted by molar-refractivity contribution is -0.142. The van der Waals surface area contributed by atoms with Gasteiger partial charge in [0.25, 0.3) is 0 Å². The fourth-order valence-electron chi connectivity index (χ4n) is 3.74. The minimum Gasteiger partial charge on any atom is -0.278 e. The van der Waals surface area contributed by atoms with Crippen LogP contribution in [0.1, 0.15) is 31.2 Å². The molecule has 2 aliphatic carbocycles. The van der Waals surface area contributed by atoms with E-state index in [9.17, 15) is 9.59 Å². The molecule has 1 saturated carbocycles. The Hall–Kier alpha value is -1.94. The zero-order valence-corrected chi connectivity index (χ0v) is 13.2. The minimum atomic E-state index is -0.120. The van der Waals surface area contributed by atoms with Gasteiger partial charge < -0.3 is 0 Å². The molecule has 1 aromatic carbocycles. The SMILES string of the molecule is O=C1[C@@H]2CC=CC[C@H]2C(=O)N1CN(Cc1ccccc1)C1CC1. The van der Waals surface area contributed by atoms with E-state index < -0.39 is 0 Å². The molecule has 1 saturated heterocycles. The van der Waals surface area contributed by atoms with Gasteiger partial charge in [-0.25, -0.2) is 0 Å². The molecule has 1 aromatic rings. The van der Waals surface area contributed by atoms with Crippen LogP contribution in [-0.2, 0) is 16.1 Å². The van der Waals surface area contributed by atoms with E-state index >= 15 is 0 Å². The third-order valence-electron chi connectivity index (χ3n) is 5.21. The molecule has 1 aliphatic heterocycles. The highest BCUT2D eigenvalue weighted by Gasteiger charge is 2.48. The van der Waals surface area contributed by atoms with Crippen LogP contribution < -0.4 is 0 Å². The molecule has 4 heteroatoms. The molecule has 2 fully saturated rings. The van der Waals surface area contributed by atoms with Crippen molar-refractivity contribution in [2.45, 2.75) is 38.3 Å². The lowest BCUT2D eigenvalue weighted by Gasteiger charge is -2.27. The Kier molecular flexibility index (Phi) is 3.77. The van der Waals surface area contributed by atoms with Gasteiger partial charge in [0, 0.05) is 12.6 Å². The van der Waals surface area contributed by atoms with Gasteiger partial charge in [0.2, 0.25) is 11.8 Å². The first-order valence-corrected chi connectivity index (χ1v) is 8.52. The molecular weight excluding hydrogens is 288 g/mol. The number of fused-ring (bicyclic) bond motifs is 1. The number of hydrogen-bond donors (Lipinski definition) is 0. The fourth-order valence-corrected chi connectivity index (χ4v) is 3.74. The maximum Gasteiger partial charge on any atom is 0.234 e. The maximum atomic E-state index is 12.6. The van der Waals surface area contributed by atoms with Crippen LogP contribution in [0.15, 0.2) is 42.5 Å². The number of amides is 2. The molecule has 120 valence electrons. The molecule has 1 heterocycles. The van der Waals surface area contributed by atoms with Gasteiger partial charge in [-0.2, -0.15) is 0 Å². The van der Waals surface area contributed by atoms with E-state index in [1.54, 1.807) is 0 Å². The van der Waals surface area contributed by atoms with Crippen molar-refractivity contribution in [2.24, 2.45) is 11.8 Å². The fraction of sp³-hybridized carbons (Fsp3) is 0.474. The third-order valence-corrected chi connectivity index (χ3v) is 5.21. The number of imide groups is 1. The second kappa shape index (κ2) is 5.93. The molecule has 2 atom stereocenters. The number of carbonyl (C=O) groups is 2. The normalized spacial score (nSPS) is 26.9. The van der Waals surface area contributed by atoms with Crippen molar-refractivity contribution < 1.29 is 9.59 Å².